The first-order chi connectivity index (χ1) is 15.0. The molecule has 1 unspecified atom stereocenters. The van der Waals surface area contributed by atoms with Crippen molar-refractivity contribution in [2.75, 3.05) is 18.1 Å². The highest BCUT2D eigenvalue weighted by Crippen LogP contribution is 2.34. The minimum atomic E-state index is -0.536. The summed E-state index contributed by atoms with van der Waals surface area (Å²) in [4.78, 5) is 26.0. The Labute approximate surface area is 183 Å². The van der Waals surface area contributed by atoms with Crippen molar-refractivity contribution in [2.24, 2.45) is 0 Å². The lowest BCUT2D eigenvalue weighted by molar-refractivity contribution is -0.143. The molecule has 2 aromatic carbocycles. The van der Waals surface area contributed by atoms with Gasteiger partial charge in [-0.15, -0.1) is 0 Å². The molecule has 0 fully saturated rings. The molecule has 6 nitrogen and oxygen atoms in total. The summed E-state index contributed by atoms with van der Waals surface area (Å²) in [5, 5.41) is 9.69. The molecule has 3 rings (SSSR count). The van der Waals surface area contributed by atoms with E-state index in [-0.39, 0.29) is 11.9 Å². The molecule has 0 spiro atoms. The third kappa shape index (κ3) is 5.85. The summed E-state index contributed by atoms with van der Waals surface area (Å²) in [6.45, 7) is 5.01. The molecule has 1 amide bonds. The van der Waals surface area contributed by atoms with Crippen LogP contribution in [-0.2, 0) is 16.1 Å². The van der Waals surface area contributed by atoms with E-state index in [4.69, 9.17) is 9.47 Å². The Hall–Kier alpha value is -2.86. The zero-order valence-corrected chi connectivity index (χ0v) is 18.3. The van der Waals surface area contributed by atoms with Crippen molar-refractivity contribution in [3.63, 3.8) is 0 Å². The normalized spacial score (nSPS) is 13.8. The number of esters is 1. The van der Waals surface area contributed by atoms with Crippen LogP contribution in [-0.4, -0.2) is 30.2 Å². The summed E-state index contributed by atoms with van der Waals surface area (Å²) in [7, 11) is 0. The Morgan fingerprint density at radius 3 is 2.55 bits per heavy atom. The molecule has 6 heteroatoms. The maximum Gasteiger partial charge on any atom is 0.305 e. The lowest BCUT2D eigenvalue weighted by Crippen LogP contribution is -2.22. The molecule has 0 saturated carbocycles. The Balaban J connectivity index is 1.51. The summed E-state index contributed by atoms with van der Waals surface area (Å²) in [5.41, 5.74) is 3.21. The van der Waals surface area contributed by atoms with Crippen LogP contribution in [0.5, 0.6) is 5.75 Å². The van der Waals surface area contributed by atoms with Crippen LogP contribution in [0.15, 0.2) is 42.5 Å². The maximum atomic E-state index is 12.9. The number of rotatable bonds is 11. The van der Waals surface area contributed by atoms with E-state index in [1.54, 1.807) is 11.8 Å². The molecule has 31 heavy (non-hydrogen) atoms. The average molecular weight is 426 g/mol. The first-order valence-corrected chi connectivity index (χ1v) is 11.0. The second-order valence-corrected chi connectivity index (χ2v) is 7.76. The fourth-order valence-corrected chi connectivity index (χ4v) is 3.72. The second-order valence-electron chi connectivity index (χ2n) is 7.76. The average Bonchev–Trinajstić information content (AvgIpc) is 3.10. The van der Waals surface area contributed by atoms with Crippen LogP contribution < -0.4 is 9.64 Å². The summed E-state index contributed by atoms with van der Waals surface area (Å²) >= 11 is 0. The van der Waals surface area contributed by atoms with Crippen LogP contribution in [0, 0.1) is 0 Å². The van der Waals surface area contributed by atoms with Gasteiger partial charge in [-0.25, -0.2) is 0 Å². The predicted molar refractivity (Wildman–Crippen MR) is 119 cm³/mol. The zero-order valence-electron chi connectivity index (χ0n) is 18.3. The van der Waals surface area contributed by atoms with Crippen LogP contribution in [0.4, 0.5) is 5.69 Å². The molecule has 0 aromatic heterocycles. The van der Waals surface area contributed by atoms with E-state index in [9.17, 15) is 14.7 Å². The van der Waals surface area contributed by atoms with Gasteiger partial charge in [0.05, 0.1) is 25.9 Å². The summed E-state index contributed by atoms with van der Waals surface area (Å²) < 4.78 is 10.9. The van der Waals surface area contributed by atoms with E-state index in [0.717, 1.165) is 48.2 Å². The largest absolute Gasteiger partial charge is 0.493 e. The van der Waals surface area contributed by atoms with Gasteiger partial charge in [0, 0.05) is 23.2 Å². The van der Waals surface area contributed by atoms with Crippen molar-refractivity contribution in [3.05, 3.63) is 59.2 Å². The first kappa shape index (κ1) is 22.8. The monoisotopic (exact) mass is 425 g/mol. The van der Waals surface area contributed by atoms with Crippen molar-refractivity contribution in [3.8, 4) is 5.75 Å². The number of carbonyl (C=O) groups excluding carboxylic acids is 2. The molecule has 0 bridgehead atoms. The number of fused-ring (bicyclic) bond motifs is 1. The Morgan fingerprint density at radius 2 is 1.84 bits per heavy atom. The van der Waals surface area contributed by atoms with Crippen LogP contribution in [0.1, 0.15) is 73.5 Å². The zero-order chi connectivity index (χ0) is 22.2. The molecule has 1 heterocycles. The van der Waals surface area contributed by atoms with Gasteiger partial charge in [-0.2, -0.15) is 0 Å². The maximum absolute atomic E-state index is 12.9. The molecular weight excluding hydrogens is 394 g/mol. The number of nitrogens with zero attached hydrogens (tertiary/aromatic N) is 1. The number of carbonyl (C=O) groups is 2. The van der Waals surface area contributed by atoms with Crippen LogP contribution >= 0.6 is 0 Å². The number of aliphatic hydroxyl groups is 1. The number of benzene rings is 2. The van der Waals surface area contributed by atoms with Gasteiger partial charge in [0.1, 0.15) is 5.75 Å². The number of ether oxygens (including phenoxy) is 2. The summed E-state index contributed by atoms with van der Waals surface area (Å²) in [5.74, 6) is 0.581. The third-order valence-corrected chi connectivity index (χ3v) is 5.45. The van der Waals surface area contributed by atoms with Gasteiger partial charge in [-0.1, -0.05) is 31.0 Å². The van der Waals surface area contributed by atoms with Gasteiger partial charge in [0.15, 0.2) is 0 Å². The van der Waals surface area contributed by atoms with Crippen LogP contribution in [0.25, 0.3) is 0 Å². The second kappa shape index (κ2) is 11.0. The molecule has 1 aliphatic rings. The van der Waals surface area contributed by atoms with Gasteiger partial charge in [0.2, 0.25) is 0 Å². The molecule has 1 N–H and O–H groups in total. The molecule has 0 saturated heterocycles. The van der Waals surface area contributed by atoms with Gasteiger partial charge in [0.25, 0.3) is 5.91 Å². The number of unbranched alkanes of at least 4 members (excludes halogenated alkanes) is 3. The Bertz CT molecular complexity index is 891. The van der Waals surface area contributed by atoms with Crippen LogP contribution in [0.2, 0.25) is 0 Å². The fraction of sp³-hybridized carbons (Fsp3) is 0.440. The number of anilines is 1. The SMILES string of the molecule is CCOC(=O)CCCCCCOc1cccc2c1CN(c1ccc(C(C)O)cc1)C2=O. The van der Waals surface area contributed by atoms with E-state index in [1.807, 2.05) is 49.4 Å². The molecule has 166 valence electrons. The Kier molecular flexibility index (Phi) is 8.06. The van der Waals surface area contributed by atoms with Crippen molar-refractivity contribution < 1.29 is 24.2 Å². The van der Waals surface area contributed by atoms with Crippen molar-refractivity contribution in [1.82, 2.24) is 0 Å². The predicted octanol–water partition coefficient (Wildman–Crippen LogP) is 4.79. The minimum Gasteiger partial charge on any atom is -0.493 e. The Morgan fingerprint density at radius 1 is 1.10 bits per heavy atom. The fourth-order valence-electron chi connectivity index (χ4n) is 3.72. The number of aliphatic hydroxyl groups excluding tert-OH is 1. The highest BCUT2D eigenvalue weighted by Gasteiger charge is 2.31. The number of amides is 1. The quantitative estimate of drug-likeness (QED) is 0.414. The van der Waals surface area contributed by atoms with E-state index in [0.29, 0.717) is 31.7 Å². The highest BCUT2D eigenvalue weighted by atomic mass is 16.5. The van der Waals surface area contributed by atoms with Crippen LogP contribution in [0.3, 0.4) is 0 Å². The van der Waals surface area contributed by atoms with Gasteiger partial charge in [-0.05, 0) is 56.5 Å². The van der Waals surface area contributed by atoms with E-state index >= 15 is 0 Å². The smallest absolute Gasteiger partial charge is 0.305 e. The molecule has 0 radical (unpaired) electrons. The minimum absolute atomic E-state index is 0.0378. The molecular formula is C25H31NO5. The van der Waals surface area contributed by atoms with Gasteiger partial charge < -0.3 is 19.5 Å². The summed E-state index contributed by atoms with van der Waals surface area (Å²) in [6, 6.07) is 13.0. The van der Waals surface area contributed by atoms with Crippen molar-refractivity contribution >= 4 is 17.6 Å². The lowest BCUT2D eigenvalue weighted by Gasteiger charge is -2.17. The molecule has 2 aromatic rings. The van der Waals surface area contributed by atoms with Gasteiger partial charge in [-0.3, -0.25) is 9.59 Å². The molecule has 1 atom stereocenters. The van der Waals surface area contributed by atoms with Crippen molar-refractivity contribution in [2.45, 2.75) is 58.6 Å². The number of hydrogen-bond acceptors (Lipinski definition) is 5. The van der Waals surface area contributed by atoms with Gasteiger partial charge >= 0.3 is 5.97 Å². The molecule has 1 aliphatic heterocycles. The van der Waals surface area contributed by atoms with E-state index < -0.39 is 6.10 Å². The lowest BCUT2D eigenvalue weighted by atomic mass is 10.1. The topological polar surface area (TPSA) is 76.1 Å². The number of hydrogen-bond donors (Lipinski definition) is 1. The molecule has 0 aliphatic carbocycles. The first-order valence-electron chi connectivity index (χ1n) is 11.0. The summed E-state index contributed by atoms with van der Waals surface area (Å²) in [6.07, 6.45) is 3.60. The van der Waals surface area contributed by atoms with E-state index in [2.05, 4.69) is 0 Å². The highest BCUT2D eigenvalue weighted by molar-refractivity contribution is 6.10. The third-order valence-electron chi connectivity index (χ3n) is 5.45. The standard InChI is InChI=1S/C25H31NO5/c1-3-30-24(28)11-6-4-5-7-16-31-23-10-8-9-21-22(23)17-26(25(21)29)20-14-12-19(13-15-20)18(2)27/h8-10,12-15,18,27H,3-7,11,16-17H2,1-2H3. The van der Waals surface area contributed by atoms with Crippen molar-refractivity contribution in [1.29, 1.82) is 0 Å². The van der Waals surface area contributed by atoms with E-state index in [1.165, 1.54) is 0 Å².